The molecule has 0 saturated carbocycles. The summed E-state index contributed by atoms with van der Waals surface area (Å²) in [4.78, 5) is 37.3. The molecule has 2 atom stereocenters. The molecule has 0 fully saturated rings. The summed E-state index contributed by atoms with van der Waals surface area (Å²) in [6.07, 6.45) is 71.0. The van der Waals surface area contributed by atoms with E-state index in [1.165, 1.54) is 231 Å². The van der Waals surface area contributed by atoms with E-state index in [0.717, 1.165) is 64.2 Å². The van der Waals surface area contributed by atoms with Crippen molar-refractivity contribution in [3.8, 4) is 0 Å². The summed E-state index contributed by atoms with van der Waals surface area (Å²) in [5, 5.41) is 11.8. The van der Waals surface area contributed by atoms with Gasteiger partial charge in [0, 0.05) is 12.8 Å². The van der Waals surface area contributed by atoms with E-state index in [1.54, 1.807) is 0 Å². The Hall–Kier alpha value is -2.49. The van der Waals surface area contributed by atoms with Gasteiger partial charge in [-0.3, -0.25) is 9.59 Å². The lowest BCUT2D eigenvalue weighted by atomic mass is 10.0. The zero-order chi connectivity index (χ0) is 56.2. The minimum atomic E-state index is -1.62. The first-order valence-corrected chi connectivity index (χ1v) is 33.1. The van der Waals surface area contributed by atoms with E-state index in [0.29, 0.717) is 11.0 Å². The number of nitrogens with zero attached hydrogens (tertiary/aromatic N) is 1. The number of carboxylic acid groups (broad SMARTS) is 1. The zero-order valence-corrected chi connectivity index (χ0v) is 51.6. The van der Waals surface area contributed by atoms with E-state index in [-0.39, 0.29) is 38.6 Å². The summed E-state index contributed by atoms with van der Waals surface area (Å²) in [6, 6.07) is 0. The Morgan fingerprint density at radius 2 is 0.701 bits per heavy atom. The van der Waals surface area contributed by atoms with Crippen LogP contribution in [-0.4, -0.2) is 82.3 Å². The number of hydrogen-bond donors (Lipinski definition) is 0. The average molecular weight is 1090 g/mol. The molecule has 9 heteroatoms. The van der Waals surface area contributed by atoms with Crippen molar-refractivity contribution in [2.45, 2.75) is 334 Å². The molecule has 452 valence electrons. The van der Waals surface area contributed by atoms with Crippen LogP contribution in [-0.2, 0) is 33.3 Å². The highest BCUT2D eigenvalue weighted by molar-refractivity contribution is 5.70. The first-order valence-electron chi connectivity index (χ1n) is 33.1. The summed E-state index contributed by atoms with van der Waals surface area (Å²) in [5.74, 6) is -2.28. The SMILES string of the molecule is CCCCCC/C=C\CCCCCCCC(=O)OCC(COC(OCC[N+](C)(C)C)C(=O)[O-])OC(=O)CCCCCCCCCCCCCCCCCCCCCCCCCCCCC/C=C\C/C=C\CCCCCCC. The van der Waals surface area contributed by atoms with Crippen LogP contribution < -0.4 is 5.11 Å². The summed E-state index contributed by atoms with van der Waals surface area (Å²) in [6.45, 7) is 4.75. The van der Waals surface area contributed by atoms with Crippen LogP contribution in [0.2, 0.25) is 0 Å². The van der Waals surface area contributed by atoms with Crippen molar-refractivity contribution in [3.05, 3.63) is 36.5 Å². The number of allylic oxidation sites excluding steroid dienone is 6. The third-order valence-corrected chi connectivity index (χ3v) is 14.9. The lowest BCUT2D eigenvalue weighted by Gasteiger charge is -2.26. The Kier molecular flexibility index (Phi) is 57.7. The fourth-order valence-electron chi connectivity index (χ4n) is 9.74. The Balaban J connectivity index is 3.91. The van der Waals surface area contributed by atoms with Crippen molar-refractivity contribution < 1.29 is 42.9 Å². The minimum absolute atomic E-state index is 0.149. The quantitative estimate of drug-likeness (QED) is 0.0195. The molecule has 77 heavy (non-hydrogen) atoms. The van der Waals surface area contributed by atoms with Gasteiger partial charge >= 0.3 is 11.9 Å². The number of hydrogen-bond acceptors (Lipinski definition) is 8. The normalized spacial score (nSPS) is 12.9. The molecule has 0 aliphatic heterocycles. The third-order valence-electron chi connectivity index (χ3n) is 14.9. The Morgan fingerprint density at radius 3 is 1.05 bits per heavy atom. The summed E-state index contributed by atoms with van der Waals surface area (Å²) in [7, 11) is 5.93. The fraction of sp³-hybridized carbons (Fsp3) is 0.868. The Bertz CT molecular complexity index is 1360. The van der Waals surface area contributed by atoms with Crippen LogP contribution >= 0.6 is 0 Å². The van der Waals surface area contributed by atoms with Gasteiger partial charge in [-0.2, -0.15) is 0 Å². The molecular formula is C68H127NO8. The maximum atomic E-state index is 12.9. The molecule has 0 aromatic carbocycles. The summed E-state index contributed by atoms with van der Waals surface area (Å²) in [5.41, 5.74) is 0. The van der Waals surface area contributed by atoms with Gasteiger partial charge in [0.05, 0.1) is 40.3 Å². The van der Waals surface area contributed by atoms with Crippen LogP contribution in [0.25, 0.3) is 0 Å². The molecule has 0 N–H and O–H groups in total. The monoisotopic (exact) mass is 1090 g/mol. The highest BCUT2D eigenvalue weighted by Crippen LogP contribution is 2.18. The molecule has 9 nitrogen and oxygen atoms in total. The molecule has 0 spiro atoms. The van der Waals surface area contributed by atoms with Crippen LogP contribution in [0.3, 0.4) is 0 Å². The summed E-state index contributed by atoms with van der Waals surface area (Å²) < 4.78 is 22.7. The number of carboxylic acids is 1. The van der Waals surface area contributed by atoms with E-state index in [4.69, 9.17) is 18.9 Å². The van der Waals surface area contributed by atoms with Gasteiger partial charge in [0.25, 0.3) is 0 Å². The first-order chi connectivity index (χ1) is 37.6. The number of likely N-dealkylation sites (N-methyl/N-ethyl adjacent to an activating group) is 1. The largest absolute Gasteiger partial charge is 0.545 e. The van der Waals surface area contributed by atoms with Gasteiger partial charge in [-0.1, -0.05) is 275 Å². The average Bonchev–Trinajstić information content (AvgIpc) is 3.40. The number of carbonyl (C=O) groups is 3. The van der Waals surface area contributed by atoms with Crippen molar-refractivity contribution in [1.82, 2.24) is 0 Å². The van der Waals surface area contributed by atoms with Crippen molar-refractivity contribution >= 4 is 17.9 Å². The molecule has 0 saturated heterocycles. The number of rotatable bonds is 62. The van der Waals surface area contributed by atoms with Crippen LogP contribution in [0.4, 0.5) is 0 Å². The highest BCUT2D eigenvalue weighted by atomic mass is 16.7. The number of esters is 2. The van der Waals surface area contributed by atoms with Gasteiger partial charge in [-0.05, 0) is 70.6 Å². The Labute approximate surface area is 477 Å². The van der Waals surface area contributed by atoms with E-state index >= 15 is 0 Å². The van der Waals surface area contributed by atoms with Gasteiger partial charge in [0.15, 0.2) is 12.4 Å². The standard InChI is InChI=1S/C68H127NO8/c1-6-8-10-12-14-16-18-20-21-22-23-24-25-26-27-28-29-30-31-32-33-34-35-36-37-38-39-40-41-42-43-44-45-47-49-51-53-55-57-59-66(71)77-64(63-76-68(67(72)73)74-61-60-69(3,4)5)62-75-65(70)58-56-54-52-50-48-46-19-17-15-13-11-9-7-2/h17-20,22-23,64,68H,6-16,21,24-63H2,1-5H3/b19-17-,20-18-,23-22-. The van der Waals surface area contributed by atoms with Crippen LogP contribution in [0, 0.1) is 0 Å². The number of aliphatic carboxylic acids is 1. The molecular weight excluding hydrogens is 959 g/mol. The van der Waals surface area contributed by atoms with E-state index < -0.39 is 24.3 Å². The predicted octanol–water partition coefficient (Wildman–Crippen LogP) is 18.7. The second-order valence-corrected chi connectivity index (χ2v) is 23.8. The third kappa shape index (κ3) is 61.0. The van der Waals surface area contributed by atoms with E-state index in [2.05, 4.69) is 50.3 Å². The molecule has 0 aliphatic rings. The smallest absolute Gasteiger partial charge is 0.306 e. The van der Waals surface area contributed by atoms with Crippen molar-refractivity contribution in [1.29, 1.82) is 0 Å². The zero-order valence-electron chi connectivity index (χ0n) is 51.6. The topological polar surface area (TPSA) is 111 Å². The predicted molar refractivity (Wildman–Crippen MR) is 325 cm³/mol. The van der Waals surface area contributed by atoms with Crippen LogP contribution in [0.5, 0.6) is 0 Å². The van der Waals surface area contributed by atoms with Crippen LogP contribution in [0.15, 0.2) is 36.5 Å². The second kappa shape index (κ2) is 59.6. The minimum Gasteiger partial charge on any atom is -0.545 e. The molecule has 0 heterocycles. The molecule has 0 aromatic rings. The maximum absolute atomic E-state index is 12.9. The first kappa shape index (κ1) is 74.5. The number of unbranched alkanes of at least 4 members (excludes halogenated alkanes) is 41. The van der Waals surface area contributed by atoms with Gasteiger partial charge < -0.3 is 33.3 Å². The number of carbonyl (C=O) groups excluding carboxylic acids is 3. The van der Waals surface area contributed by atoms with Crippen LogP contribution in [0.1, 0.15) is 322 Å². The highest BCUT2D eigenvalue weighted by Gasteiger charge is 2.22. The second-order valence-electron chi connectivity index (χ2n) is 23.8. The van der Waals surface area contributed by atoms with Gasteiger partial charge in [-0.25, -0.2) is 0 Å². The van der Waals surface area contributed by atoms with E-state index in [1.807, 2.05) is 21.1 Å². The van der Waals surface area contributed by atoms with Crippen molar-refractivity contribution in [2.75, 3.05) is 47.5 Å². The molecule has 0 bridgehead atoms. The Morgan fingerprint density at radius 1 is 0.390 bits per heavy atom. The maximum Gasteiger partial charge on any atom is 0.306 e. The van der Waals surface area contributed by atoms with Gasteiger partial charge in [-0.15, -0.1) is 0 Å². The molecule has 2 unspecified atom stereocenters. The molecule has 0 aromatic heterocycles. The fourth-order valence-corrected chi connectivity index (χ4v) is 9.74. The molecule has 0 aliphatic carbocycles. The summed E-state index contributed by atoms with van der Waals surface area (Å²) >= 11 is 0. The van der Waals surface area contributed by atoms with E-state index in [9.17, 15) is 19.5 Å². The van der Waals surface area contributed by atoms with Gasteiger partial charge in [0.2, 0.25) is 0 Å². The molecule has 0 radical (unpaired) electrons. The molecule has 0 rings (SSSR count). The molecule has 0 amide bonds. The van der Waals surface area contributed by atoms with Gasteiger partial charge in [0.1, 0.15) is 13.2 Å². The number of quaternary nitrogens is 1. The van der Waals surface area contributed by atoms with Crippen molar-refractivity contribution in [3.63, 3.8) is 0 Å². The van der Waals surface area contributed by atoms with Crippen molar-refractivity contribution in [2.24, 2.45) is 0 Å². The lowest BCUT2D eigenvalue weighted by Crippen LogP contribution is -2.44. The lowest BCUT2D eigenvalue weighted by molar-refractivity contribution is -0.870. The number of ether oxygens (including phenoxy) is 4.